The van der Waals surface area contributed by atoms with E-state index in [-0.39, 0.29) is 0 Å². The summed E-state index contributed by atoms with van der Waals surface area (Å²) in [6.45, 7) is 0. The lowest BCUT2D eigenvalue weighted by atomic mass is 10.1. The SMILES string of the molecule is c1ccc2c(c1)ccc1c3ccccc3n(-c3ccc(-c4nc5c(ccc6oc7ccccc7c65)o4)cc3)c21. The first kappa shape index (κ1) is 20.7. The van der Waals surface area contributed by atoms with E-state index in [4.69, 9.17) is 13.8 Å². The summed E-state index contributed by atoms with van der Waals surface area (Å²) in [6, 6.07) is 42.1. The second kappa shape index (κ2) is 7.59. The molecule has 0 saturated carbocycles. The van der Waals surface area contributed by atoms with Crippen molar-refractivity contribution in [3.8, 4) is 17.1 Å². The molecule has 9 rings (SSSR count). The van der Waals surface area contributed by atoms with E-state index in [1.54, 1.807) is 0 Å². The summed E-state index contributed by atoms with van der Waals surface area (Å²) < 4.78 is 14.7. The van der Waals surface area contributed by atoms with E-state index in [0.717, 1.165) is 44.3 Å². The fourth-order valence-electron chi connectivity index (χ4n) is 6.08. The lowest BCUT2D eigenvalue weighted by Crippen LogP contribution is -1.94. The molecule has 0 bridgehead atoms. The quantitative estimate of drug-likeness (QED) is 0.237. The summed E-state index contributed by atoms with van der Waals surface area (Å²) in [5.41, 5.74) is 7.69. The van der Waals surface area contributed by atoms with Gasteiger partial charge in [-0.1, -0.05) is 72.8 Å². The van der Waals surface area contributed by atoms with Crippen LogP contribution in [0.5, 0.6) is 0 Å². The van der Waals surface area contributed by atoms with Crippen molar-refractivity contribution in [2.75, 3.05) is 0 Å². The topological polar surface area (TPSA) is 44.1 Å². The number of nitrogens with zero attached hydrogens (tertiary/aromatic N) is 2. The predicted octanol–water partition coefficient (Wildman–Crippen LogP) is 9.64. The van der Waals surface area contributed by atoms with Gasteiger partial charge in [0.2, 0.25) is 5.89 Å². The van der Waals surface area contributed by atoms with Crippen LogP contribution in [0.25, 0.3) is 82.8 Å². The van der Waals surface area contributed by atoms with Crippen LogP contribution in [0.2, 0.25) is 0 Å². The highest BCUT2D eigenvalue weighted by molar-refractivity contribution is 6.19. The Morgan fingerprint density at radius 1 is 0.513 bits per heavy atom. The summed E-state index contributed by atoms with van der Waals surface area (Å²) in [4.78, 5) is 4.93. The first-order chi connectivity index (χ1) is 19.3. The molecule has 3 heterocycles. The predicted molar refractivity (Wildman–Crippen MR) is 159 cm³/mol. The van der Waals surface area contributed by atoms with Crippen molar-refractivity contribution in [1.29, 1.82) is 0 Å². The van der Waals surface area contributed by atoms with Crippen molar-refractivity contribution in [2.45, 2.75) is 0 Å². The minimum atomic E-state index is 0.599. The second-order valence-corrected chi connectivity index (χ2v) is 9.98. The van der Waals surface area contributed by atoms with E-state index in [1.807, 2.05) is 30.3 Å². The largest absolute Gasteiger partial charge is 0.456 e. The maximum absolute atomic E-state index is 6.25. The zero-order chi connectivity index (χ0) is 25.5. The molecule has 0 unspecified atom stereocenters. The van der Waals surface area contributed by atoms with Crippen molar-refractivity contribution >= 4 is 65.6 Å². The molecule has 39 heavy (non-hydrogen) atoms. The Hall–Kier alpha value is -5.35. The molecule has 4 nitrogen and oxygen atoms in total. The van der Waals surface area contributed by atoms with Gasteiger partial charge in [-0.2, -0.15) is 0 Å². The van der Waals surface area contributed by atoms with Gasteiger partial charge in [-0.3, -0.25) is 0 Å². The average molecular weight is 501 g/mol. The highest BCUT2D eigenvalue weighted by Crippen LogP contribution is 2.38. The third kappa shape index (κ3) is 2.85. The molecule has 0 atom stereocenters. The monoisotopic (exact) mass is 500 g/mol. The lowest BCUT2D eigenvalue weighted by molar-refractivity contribution is 0.619. The molecule has 0 aliphatic rings. The Kier molecular flexibility index (Phi) is 4.02. The minimum Gasteiger partial charge on any atom is -0.456 e. The zero-order valence-corrected chi connectivity index (χ0v) is 20.8. The molecule has 0 N–H and O–H groups in total. The molecule has 0 spiro atoms. The van der Waals surface area contributed by atoms with Gasteiger partial charge >= 0.3 is 0 Å². The third-order valence-corrected chi connectivity index (χ3v) is 7.83. The van der Waals surface area contributed by atoms with Crippen LogP contribution in [0, 0.1) is 0 Å². The molecule has 0 aliphatic heterocycles. The van der Waals surface area contributed by atoms with Gasteiger partial charge in [-0.25, -0.2) is 4.98 Å². The molecule has 0 fully saturated rings. The van der Waals surface area contributed by atoms with Gasteiger partial charge in [0.05, 0.1) is 16.4 Å². The molecule has 0 radical (unpaired) electrons. The van der Waals surface area contributed by atoms with Crippen LogP contribution in [0.4, 0.5) is 0 Å². The first-order valence-electron chi connectivity index (χ1n) is 13.1. The first-order valence-corrected chi connectivity index (χ1v) is 13.1. The highest BCUT2D eigenvalue weighted by Gasteiger charge is 2.18. The standard InChI is InChI=1S/C35H20N2O2/c1-2-8-24-21(7-1)15-18-26-25-9-3-5-11-28(25)37(34(24)26)23-16-13-22(14-17-23)35-36-33-31(39-35)20-19-30-32(33)27-10-4-6-12-29(27)38-30/h1-20H. The van der Waals surface area contributed by atoms with Crippen LogP contribution in [-0.4, -0.2) is 9.55 Å². The maximum Gasteiger partial charge on any atom is 0.227 e. The number of hydrogen-bond donors (Lipinski definition) is 0. The number of para-hydroxylation sites is 2. The molecule has 0 aliphatic carbocycles. The van der Waals surface area contributed by atoms with Crippen molar-refractivity contribution in [1.82, 2.24) is 9.55 Å². The number of hydrogen-bond acceptors (Lipinski definition) is 3. The zero-order valence-electron chi connectivity index (χ0n) is 20.8. The number of aromatic nitrogens is 2. The molecular formula is C35H20N2O2. The Morgan fingerprint density at radius 2 is 1.26 bits per heavy atom. The van der Waals surface area contributed by atoms with Gasteiger partial charge in [-0.15, -0.1) is 0 Å². The van der Waals surface area contributed by atoms with Gasteiger partial charge in [0.1, 0.15) is 16.7 Å². The summed E-state index contributed by atoms with van der Waals surface area (Å²) in [5, 5.41) is 7.01. The van der Waals surface area contributed by atoms with Gasteiger partial charge in [-0.05, 0) is 53.9 Å². The summed E-state index contributed by atoms with van der Waals surface area (Å²) in [7, 11) is 0. The Morgan fingerprint density at radius 3 is 2.15 bits per heavy atom. The fourth-order valence-corrected chi connectivity index (χ4v) is 6.08. The number of oxazole rings is 1. The smallest absolute Gasteiger partial charge is 0.227 e. The lowest BCUT2D eigenvalue weighted by Gasteiger charge is -2.10. The van der Waals surface area contributed by atoms with Gasteiger partial charge in [0.15, 0.2) is 5.58 Å². The highest BCUT2D eigenvalue weighted by atomic mass is 16.4. The summed E-state index contributed by atoms with van der Waals surface area (Å²) in [6.07, 6.45) is 0. The van der Waals surface area contributed by atoms with Crippen molar-refractivity contribution in [3.05, 3.63) is 121 Å². The van der Waals surface area contributed by atoms with Gasteiger partial charge < -0.3 is 13.4 Å². The van der Waals surface area contributed by atoms with E-state index in [1.165, 1.54) is 32.6 Å². The van der Waals surface area contributed by atoms with E-state index in [0.29, 0.717) is 5.89 Å². The Labute approximate surface area is 222 Å². The summed E-state index contributed by atoms with van der Waals surface area (Å²) in [5.74, 6) is 0.599. The van der Waals surface area contributed by atoms with Crippen LogP contribution in [0.1, 0.15) is 0 Å². The fraction of sp³-hybridized carbons (Fsp3) is 0. The van der Waals surface area contributed by atoms with E-state index in [2.05, 4.69) is 95.6 Å². The molecule has 4 heteroatoms. The Bertz CT molecular complexity index is 2390. The van der Waals surface area contributed by atoms with Crippen LogP contribution >= 0.6 is 0 Å². The number of fused-ring (bicyclic) bond motifs is 10. The Balaban J connectivity index is 1.24. The van der Waals surface area contributed by atoms with Gasteiger partial charge in [0, 0.05) is 32.8 Å². The van der Waals surface area contributed by atoms with Crippen LogP contribution in [-0.2, 0) is 0 Å². The van der Waals surface area contributed by atoms with Crippen molar-refractivity contribution in [2.24, 2.45) is 0 Å². The number of furan rings is 1. The van der Waals surface area contributed by atoms with Crippen LogP contribution < -0.4 is 0 Å². The molecular weight excluding hydrogens is 480 g/mol. The number of rotatable bonds is 2. The van der Waals surface area contributed by atoms with Crippen molar-refractivity contribution < 1.29 is 8.83 Å². The summed E-state index contributed by atoms with van der Waals surface area (Å²) >= 11 is 0. The van der Waals surface area contributed by atoms with E-state index in [9.17, 15) is 0 Å². The molecule has 9 aromatic rings. The minimum absolute atomic E-state index is 0.599. The van der Waals surface area contributed by atoms with E-state index < -0.39 is 0 Å². The number of benzene rings is 6. The molecule has 182 valence electrons. The van der Waals surface area contributed by atoms with Crippen LogP contribution in [0.3, 0.4) is 0 Å². The van der Waals surface area contributed by atoms with Crippen LogP contribution in [0.15, 0.2) is 130 Å². The van der Waals surface area contributed by atoms with Crippen molar-refractivity contribution in [3.63, 3.8) is 0 Å². The second-order valence-electron chi connectivity index (χ2n) is 9.98. The average Bonchev–Trinajstić information content (AvgIpc) is 3.68. The third-order valence-electron chi connectivity index (χ3n) is 7.83. The van der Waals surface area contributed by atoms with Gasteiger partial charge in [0.25, 0.3) is 0 Å². The maximum atomic E-state index is 6.25. The van der Waals surface area contributed by atoms with E-state index >= 15 is 0 Å². The normalized spacial score (nSPS) is 12.1. The molecule has 3 aromatic heterocycles. The molecule has 0 saturated heterocycles. The molecule has 6 aromatic carbocycles. The molecule has 0 amide bonds.